The number of carbonyl (C=O) groups excluding carboxylic acids is 2. The second kappa shape index (κ2) is 8.22. The molecule has 30 heavy (non-hydrogen) atoms. The van der Waals surface area contributed by atoms with Crippen LogP contribution in [0.2, 0.25) is 0 Å². The van der Waals surface area contributed by atoms with Crippen molar-refractivity contribution in [1.82, 2.24) is 30.2 Å². The number of aryl methyl sites for hydroxylation is 2. The van der Waals surface area contributed by atoms with Gasteiger partial charge in [0.25, 0.3) is 5.91 Å². The van der Waals surface area contributed by atoms with Crippen molar-refractivity contribution in [3.63, 3.8) is 0 Å². The van der Waals surface area contributed by atoms with Gasteiger partial charge in [0, 0.05) is 20.1 Å². The third kappa shape index (κ3) is 4.12. The van der Waals surface area contributed by atoms with Crippen LogP contribution in [-0.4, -0.2) is 58.1 Å². The van der Waals surface area contributed by atoms with Crippen molar-refractivity contribution in [2.45, 2.75) is 60.2 Å². The monoisotopic (exact) mass is 416 g/mol. The topological polar surface area (TPSA) is 105 Å². The Kier molecular flexibility index (Phi) is 6.03. The maximum Gasteiger partial charge on any atom is 0.272 e. The van der Waals surface area contributed by atoms with E-state index in [1.165, 1.54) is 0 Å². The molecule has 0 bridgehead atoms. The van der Waals surface area contributed by atoms with E-state index in [2.05, 4.69) is 25.3 Å². The van der Waals surface area contributed by atoms with Crippen molar-refractivity contribution >= 4 is 11.8 Å². The number of rotatable bonds is 4. The Morgan fingerprint density at radius 2 is 1.90 bits per heavy atom. The first-order valence-electron chi connectivity index (χ1n) is 10.3. The van der Waals surface area contributed by atoms with Crippen LogP contribution in [0.1, 0.15) is 54.8 Å². The van der Waals surface area contributed by atoms with E-state index in [1.807, 2.05) is 41.7 Å². The second-order valence-corrected chi connectivity index (χ2v) is 9.06. The molecule has 1 atom stereocenters. The minimum absolute atomic E-state index is 0.232. The lowest BCUT2D eigenvalue weighted by molar-refractivity contribution is -0.124. The number of carbonyl (C=O) groups is 2. The molecule has 0 fully saturated rings. The minimum atomic E-state index is -0.682. The number of nitrogens with zero attached hydrogens (tertiary/aromatic N) is 4. The summed E-state index contributed by atoms with van der Waals surface area (Å²) in [5.74, 6) is 0.775. The molecule has 1 aliphatic rings. The van der Waals surface area contributed by atoms with E-state index in [4.69, 9.17) is 9.51 Å². The summed E-state index contributed by atoms with van der Waals surface area (Å²) in [6.07, 6.45) is 0.945. The number of aromatic nitrogens is 3. The Hall–Kier alpha value is -2.68. The van der Waals surface area contributed by atoms with Crippen molar-refractivity contribution in [3.05, 3.63) is 22.8 Å². The standard InChI is InChI=1S/C21H32N6O3/c1-12-15(13(2)30-25-12)18-23-16(14-11-26(7)9-8-10-27(14)18)19(28)24-17(20(29)22-6)21(3,4)5/h17H,8-11H2,1-7H3,(H,22,29)(H,24,28)/t17-/m1/s1. The largest absolute Gasteiger partial charge is 0.361 e. The first kappa shape index (κ1) is 22.0. The Balaban J connectivity index is 2.08. The lowest BCUT2D eigenvalue weighted by Gasteiger charge is -2.29. The number of likely N-dealkylation sites (N-methyl/N-ethyl adjacent to an activating group) is 1. The highest BCUT2D eigenvalue weighted by atomic mass is 16.5. The van der Waals surface area contributed by atoms with Crippen molar-refractivity contribution < 1.29 is 14.1 Å². The third-order valence-corrected chi connectivity index (χ3v) is 5.54. The van der Waals surface area contributed by atoms with Gasteiger partial charge in [0.15, 0.2) is 5.69 Å². The van der Waals surface area contributed by atoms with E-state index in [0.717, 1.165) is 36.5 Å². The first-order valence-corrected chi connectivity index (χ1v) is 10.3. The highest BCUT2D eigenvalue weighted by molar-refractivity contribution is 5.98. The zero-order chi connectivity index (χ0) is 22.2. The van der Waals surface area contributed by atoms with Gasteiger partial charge >= 0.3 is 0 Å². The summed E-state index contributed by atoms with van der Waals surface area (Å²) in [7, 11) is 3.60. The molecule has 0 unspecified atom stereocenters. The van der Waals surface area contributed by atoms with Gasteiger partial charge in [-0.1, -0.05) is 25.9 Å². The van der Waals surface area contributed by atoms with Crippen LogP contribution in [-0.2, 0) is 17.9 Å². The summed E-state index contributed by atoms with van der Waals surface area (Å²) in [4.78, 5) is 32.7. The van der Waals surface area contributed by atoms with Gasteiger partial charge in [-0.3, -0.25) is 9.59 Å². The van der Waals surface area contributed by atoms with Gasteiger partial charge in [-0.25, -0.2) is 4.98 Å². The molecule has 164 valence electrons. The highest BCUT2D eigenvalue weighted by Crippen LogP contribution is 2.31. The number of hydrogen-bond acceptors (Lipinski definition) is 6. The second-order valence-electron chi connectivity index (χ2n) is 9.06. The maximum absolute atomic E-state index is 13.3. The van der Waals surface area contributed by atoms with E-state index in [1.54, 1.807) is 7.05 Å². The highest BCUT2D eigenvalue weighted by Gasteiger charge is 2.35. The lowest BCUT2D eigenvalue weighted by Crippen LogP contribution is -2.53. The maximum atomic E-state index is 13.3. The van der Waals surface area contributed by atoms with Gasteiger partial charge in [0.2, 0.25) is 5.91 Å². The zero-order valence-electron chi connectivity index (χ0n) is 18.9. The summed E-state index contributed by atoms with van der Waals surface area (Å²) in [5, 5.41) is 9.61. The van der Waals surface area contributed by atoms with Crippen LogP contribution < -0.4 is 10.6 Å². The third-order valence-electron chi connectivity index (χ3n) is 5.54. The van der Waals surface area contributed by atoms with Crippen molar-refractivity contribution in [2.75, 3.05) is 20.6 Å². The van der Waals surface area contributed by atoms with Crippen LogP contribution in [0, 0.1) is 19.3 Å². The summed E-state index contributed by atoms with van der Waals surface area (Å²) in [5.41, 5.74) is 2.29. The van der Waals surface area contributed by atoms with E-state index < -0.39 is 11.5 Å². The fourth-order valence-corrected chi connectivity index (χ4v) is 3.92. The number of fused-ring (bicyclic) bond motifs is 1. The average molecular weight is 417 g/mol. The SMILES string of the molecule is CNC(=O)[C@@H](NC(=O)c1nc(-c2c(C)noc2C)n2c1CN(C)CCC2)C(C)(C)C. The molecule has 1 aliphatic heterocycles. The van der Waals surface area contributed by atoms with Crippen molar-refractivity contribution in [3.8, 4) is 11.4 Å². The van der Waals surface area contributed by atoms with Gasteiger partial charge in [-0.2, -0.15) is 0 Å². The molecule has 0 saturated heterocycles. The number of nitrogens with one attached hydrogen (secondary N) is 2. The number of amides is 2. The molecular weight excluding hydrogens is 384 g/mol. The van der Waals surface area contributed by atoms with Crippen molar-refractivity contribution in [1.29, 1.82) is 0 Å². The molecule has 0 saturated carbocycles. The fourth-order valence-electron chi connectivity index (χ4n) is 3.92. The fraction of sp³-hybridized carbons (Fsp3) is 0.619. The Morgan fingerprint density at radius 3 is 2.47 bits per heavy atom. The number of imidazole rings is 1. The molecular formula is C21H32N6O3. The first-order chi connectivity index (χ1) is 14.0. The lowest BCUT2D eigenvalue weighted by atomic mass is 9.86. The summed E-state index contributed by atoms with van der Waals surface area (Å²) < 4.78 is 7.45. The Morgan fingerprint density at radius 1 is 1.20 bits per heavy atom. The van der Waals surface area contributed by atoms with Crippen molar-refractivity contribution in [2.24, 2.45) is 5.41 Å². The molecule has 9 heteroatoms. The zero-order valence-corrected chi connectivity index (χ0v) is 18.9. The quantitative estimate of drug-likeness (QED) is 0.788. The van der Waals surface area contributed by atoms with Crippen LogP contribution in [0.25, 0.3) is 11.4 Å². The molecule has 2 aromatic rings. The molecule has 0 spiro atoms. The molecule has 2 amide bonds. The predicted molar refractivity (Wildman–Crippen MR) is 113 cm³/mol. The molecule has 0 radical (unpaired) electrons. The molecule has 3 heterocycles. The number of hydrogen-bond donors (Lipinski definition) is 2. The van der Waals surface area contributed by atoms with E-state index in [9.17, 15) is 9.59 Å². The van der Waals surface area contributed by atoms with Crippen LogP contribution in [0.3, 0.4) is 0 Å². The molecule has 2 N–H and O–H groups in total. The minimum Gasteiger partial charge on any atom is -0.361 e. The molecule has 0 aromatic carbocycles. The van der Waals surface area contributed by atoms with Gasteiger partial charge < -0.3 is 24.6 Å². The van der Waals surface area contributed by atoms with Crippen LogP contribution in [0.15, 0.2) is 4.52 Å². The molecule has 0 aliphatic carbocycles. The normalized spacial score (nSPS) is 16.0. The molecule has 9 nitrogen and oxygen atoms in total. The van der Waals surface area contributed by atoms with Crippen LogP contribution in [0.4, 0.5) is 0 Å². The molecule has 3 rings (SSSR count). The molecule has 2 aromatic heterocycles. The smallest absolute Gasteiger partial charge is 0.272 e. The van der Waals surface area contributed by atoms with E-state index in [-0.39, 0.29) is 11.8 Å². The average Bonchev–Trinajstić information content (AvgIpc) is 3.10. The summed E-state index contributed by atoms with van der Waals surface area (Å²) in [6.45, 7) is 11.7. The summed E-state index contributed by atoms with van der Waals surface area (Å²) in [6, 6.07) is -0.682. The van der Waals surface area contributed by atoms with Gasteiger partial charge in [0.05, 0.1) is 17.0 Å². The predicted octanol–water partition coefficient (Wildman–Crippen LogP) is 1.88. The van der Waals surface area contributed by atoms with E-state index in [0.29, 0.717) is 23.8 Å². The Labute approximate surface area is 177 Å². The van der Waals surface area contributed by atoms with Crippen LogP contribution >= 0.6 is 0 Å². The van der Waals surface area contributed by atoms with Gasteiger partial charge in [0.1, 0.15) is 17.6 Å². The van der Waals surface area contributed by atoms with Crippen LogP contribution in [0.5, 0.6) is 0 Å². The Bertz CT molecular complexity index is 933. The van der Waals surface area contributed by atoms with E-state index >= 15 is 0 Å². The van der Waals surface area contributed by atoms with Gasteiger partial charge in [-0.15, -0.1) is 0 Å². The van der Waals surface area contributed by atoms with Gasteiger partial charge in [-0.05, 0) is 39.3 Å². The summed E-state index contributed by atoms with van der Waals surface area (Å²) >= 11 is 0.